The molecule has 2 heterocycles. The molecule has 2 aliphatic rings. The van der Waals surface area contributed by atoms with E-state index in [9.17, 15) is 9.90 Å². The molecule has 1 aromatic carbocycles. The monoisotopic (exact) mass is 308 g/mol. The molecule has 0 spiro atoms. The highest BCUT2D eigenvalue weighted by Gasteiger charge is 2.36. The average molecular weight is 309 g/mol. The van der Waals surface area contributed by atoms with Crippen LogP contribution in [0.15, 0.2) is 18.2 Å². The second-order valence-electron chi connectivity index (χ2n) is 6.18. The summed E-state index contributed by atoms with van der Waals surface area (Å²) in [5, 5.41) is 13.1. The number of hydrogen-bond acceptors (Lipinski definition) is 3. The highest BCUT2D eigenvalue weighted by atomic mass is 35.5. The first-order valence-electron chi connectivity index (χ1n) is 7.56. The van der Waals surface area contributed by atoms with Gasteiger partial charge in [0.15, 0.2) is 0 Å². The van der Waals surface area contributed by atoms with Gasteiger partial charge in [-0.25, -0.2) is 4.79 Å². The van der Waals surface area contributed by atoms with Crippen LogP contribution in [0.4, 0.5) is 5.69 Å². The molecule has 2 atom stereocenters. The zero-order valence-electron chi connectivity index (χ0n) is 12.2. The fourth-order valence-corrected chi connectivity index (χ4v) is 4.07. The van der Waals surface area contributed by atoms with Crippen LogP contribution in [0.5, 0.6) is 0 Å². The molecule has 5 heteroatoms. The van der Waals surface area contributed by atoms with Crippen molar-refractivity contribution in [1.82, 2.24) is 4.90 Å². The van der Waals surface area contributed by atoms with E-state index in [0.717, 1.165) is 12.8 Å². The Morgan fingerprint density at radius 1 is 1.33 bits per heavy atom. The largest absolute Gasteiger partial charge is 0.478 e. The second-order valence-corrected chi connectivity index (χ2v) is 6.59. The molecule has 114 valence electrons. The molecule has 1 aromatic rings. The van der Waals surface area contributed by atoms with Crippen molar-refractivity contribution in [3.05, 3.63) is 28.8 Å². The molecule has 0 aromatic heterocycles. The van der Waals surface area contributed by atoms with Gasteiger partial charge in [-0.2, -0.15) is 0 Å². The van der Waals surface area contributed by atoms with Crippen molar-refractivity contribution in [3.63, 3.8) is 0 Å². The molecular formula is C16H21ClN2O2. The number of hydrogen-bond donors (Lipinski definition) is 2. The lowest BCUT2D eigenvalue weighted by Gasteiger charge is -2.47. The summed E-state index contributed by atoms with van der Waals surface area (Å²) in [4.78, 5) is 13.9. The van der Waals surface area contributed by atoms with E-state index in [4.69, 9.17) is 11.6 Å². The number of carboxylic acids is 1. The standard InChI is InChI=1S/C16H21ClN2O2/c1-19-11-4-2-5-12(19)9-10(8-11)18-14-7-3-6-13(17)15(14)16(20)21/h3,6-7,10-12,18H,2,4-5,8-9H2,1H3,(H,20,21). The maximum Gasteiger partial charge on any atom is 0.339 e. The molecule has 0 radical (unpaired) electrons. The molecule has 21 heavy (non-hydrogen) atoms. The molecule has 2 bridgehead atoms. The third-order valence-corrected chi connectivity index (χ3v) is 5.24. The van der Waals surface area contributed by atoms with Gasteiger partial charge in [-0.3, -0.25) is 0 Å². The van der Waals surface area contributed by atoms with Crippen LogP contribution >= 0.6 is 11.6 Å². The molecule has 0 amide bonds. The van der Waals surface area contributed by atoms with Crippen LogP contribution in [-0.2, 0) is 0 Å². The van der Waals surface area contributed by atoms with Crippen molar-refractivity contribution in [2.24, 2.45) is 0 Å². The molecule has 0 aliphatic carbocycles. The van der Waals surface area contributed by atoms with E-state index in [1.54, 1.807) is 12.1 Å². The third kappa shape index (κ3) is 2.87. The predicted octanol–water partition coefficient (Wildman–Crippen LogP) is 3.47. The highest BCUT2D eigenvalue weighted by Crippen LogP contribution is 2.35. The van der Waals surface area contributed by atoms with Gasteiger partial charge in [0.2, 0.25) is 0 Å². The lowest BCUT2D eigenvalue weighted by Crippen LogP contribution is -2.52. The van der Waals surface area contributed by atoms with E-state index in [-0.39, 0.29) is 5.56 Å². The van der Waals surface area contributed by atoms with E-state index < -0.39 is 5.97 Å². The predicted molar refractivity (Wildman–Crippen MR) is 84.2 cm³/mol. The molecule has 2 saturated heterocycles. The van der Waals surface area contributed by atoms with E-state index in [0.29, 0.717) is 28.8 Å². The Labute approximate surface area is 130 Å². The Balaban J connectivity index is 1.79. The number of carbonyl (C=O) groups is 1. The number of nitrogens with one attached hydrogen (secondary N) is 1. The molecule has 2 aliphatic heterocycles. The molecule has 2 fully saturated rings. The summed E-state index contributed by atoms with van der Waals surface area (Å²) >= 11 is 6.03. The van der Waals surface area contributed by atoms with Crippen molar-refractivity contribution in [2.75, 3.05) is 12.4 Å². The summed E-state index contributed by atoms with van der Waals surface area (Å²) < 4.78 is 0. The van der Waals surface area contributed by atoms with Gasteiger partial charge in [-0.15, -0.1) is 0 Å². The Morgan fingerprint density at radius 2 is 2.00 bits per heavy atom. The van der Waals surface area contributed by atoms with Crippen LogP contribution in [0.1, 0.15) is 42.5 Å². The minimum Gasteiger partial charge on any atom is -0.478 e. The topological polar surface area (TPSA) is 52.6 Å². The number of fused-ring (bicyclic) bond motifs is 2. The van der Waals surface area contributed by atoms with Gasteiger partial charge in [-0.05, 0) is 44.9 Å². The van der Waals surface area contributed by atoms with E-state index in [1.165, 1.54) is 19.3 Å². The van der Waals surface area contributed by atoms with Gasteiger partial charge in [0.1, 0.15) is 5.56 Å². The Bertz CT molecular complexity index is 535. The molecule has 4 nitrogen and oxygen atoms in total. The van der Waals surface area contributed by atoms with Crippen LogP contribution in [0.3, 0.4) is 0 Å². The maximum atomic E-state index is 11.4. The molecule has 2 unspecified atom stereocenters. The lowest BCUT2D eigenvalue weighted by molar-refractivity contribution is 0.0607. The van der Waals surface area contributed by atoms with Gasteiger partial charge in [0.05, 0.1) is 10.7 Å². The number of carboxylic acid groups (broad SMARTS) is 1. The number of halogens is 1. The first kappa shape index (κ1) is 14.7. The summed E-state index contributed by atoms with van der Waals surface area (Å²) in [6.07, 6.45) is 5.93. The minimum absolute atomic E-state index is 0.184. The number of piperidine rings is 2. The summed E-state index contributed by atoms with van der Waals surface area (Å²) in [6.45, 7) is 0. The van der Waals surface area contributed by atoms with Crippen molar-refractivity contribution in [1.29, 1.82) is 0 Å². The van der Waals surface area contributed by atoms with E-state index >= 15 is 0 Å². The molecular weight excluding hydrogens is 288 g/mol. The fourth-order valence-electron chi connectivity index (χ4n) is 3.82. The third-order valence-electron chi connectivity index (χ3n) is 4.93. The number of rotatable bonds is 3. The van der Waals surface area contributed by atoms with Crippen molar-refractivity contribution >= 4 is 23.3 Å². The van der Waals surface area contributed by atoms with Gasteiger partial charge in [0, 0.05) is 18.1 Å². The molecule has 3 rings (SSSR count). The number of benzene rings is 1. The highest BCUT2D eigenvalue weighted by molar-refractivity contribution is 6.34. The number of nitrogens with zero attached hydrogens (tertiary/aromatic N) is 1. The summed E-state index contributed by atoms with van der Waals surface area (Å²) in [5.41, 5.74) is 0.825. The van der Waals surface area contributed by atoms with Gasteiger partial charge in [0.25, 0.3) is 0 Å². The zero-order chi connectivity index (χ0) is 15.0. The second kappa shape index (κ2) is 5.85. The Kier molecular flexibility index (Phi) is 4.09. The zero-order valence-corrected chi connectivity index (χ0v) is 12.9. The average Bonchev–Trinajstić information content (AvgIpc) is 2.39. The van der Waals surface area contributed by atoms with Crippen LogP contribution < -0.4 is 5.32 Å². The lowest BCUT2D eigenvalue weighted by atomic mass is 9.82. The van der Waals surface area contributed by atoms with Gasteiger partial charge >= 0.3 is 5.97 Å². The quantitative estimate of drug-likeness (QED) is 0.898. The normalized spacial score (nSPS) is 29.1. The Hall–Kier alpha value is -1.26. The van der Waals surface area contributed by atoms with Crippen molar-refractivity contribution in [3.8, 4) is 0 Å². The smallest absolute Gasteiger partial charge is 0.339 e. The van der Waals surface area contributed by atoms with Crippen LogP contribution in [0.25, 0.3) is 0 Å². The summed E-state index contributed by atoms with van der Waals surface area (Å²) in [6, 6.07) is 6.79. The number of anilines is 1. The molecule has 2 N–H and O–H groups in total. The SMILES string of the molecule is CN1C2CCCC1CC(Nc1cccc(Cl)c1C(=O)O)C2. The first-order chi connectivity index (χ1) is 10.1. The van der Waals surface area contributed by atoms with Gasteiger partial charge in [-0.1, -0.05) is 24.1 Å². The van der Waals surface area contributed by atoms with Gasteiger partial charge < -0.3 is 15.3 Å². The number of aromatic carboxylic acids is 1. The fraction of sp³-hybridized carbons (Fsp3) is 0.562. The van der Waals surface area contributed by atoms with Crippen molar-refractivity contribution in [2.45, 2.75) is 50.2 Å². The van der Waals surface area contributed by atoms with Crippen LogP contribution in [0.2, 0.25) is 5.02 Å². The first-order valence-corrected chi connectivity index (χ1v) is 7.94. The summed E-state index contributed by atoms with van der Waals surface area (Å²) in [7, 11) is 2.22. The van der Waals surface area contributed by atoms with E-state index in [1.807, 2.05) is 6.07 Å². The van der Waals surface area contributed by atoms with Crippen LogP contribution in [-0.4, -0.2) is 41.1 Å². The van der Waals surface area contributed by atoms with E-state index in [2.05, 4.69) is 17.3 Å². The van der Waals surface area contributed by atoms with Crippen molar-refractivity contribution < 1.29 is 9.90 Å². The Morgan fingerprint density at radius 3 is 2.62 bits per heavy atom. The maximum absolute atomic E-state index is 11.4. The minimum atomic E-state index is -0.976. The molecule has 0 saturated carbocycles. The van der Waals surface area contributed by atoms with Crippen LogP contribution in [0, 0.1) is 0 Å². The summed E-state index contributed by atoms with van der Waals surface area (Å²) in [5.74, 6) is -0.976.